The molecule has 6 heteroatoms. The first-order chi connectivity index (χ1) is 12.1. The number of benzene rings is 2. The summed E-state index contributed by atoms with van der Waals surface area (Å²) in [6.45, 7) is 1.61. The van der Waals surface area contributed by atoms with Gasteiger partial charge in [-0.15, -0.1) is 0 Å². The molecule has 0 saturated carbocycles. The number of nitrogens with zero attached hydrogens (tertiary/aromatic N) is 2. The van der Waals surface area contributed by atoms with Crippen LogP contribution in [-0.4, -0.2) is 48.8 Å². The van der Waals surface area contributed by atoms with Crippen LogP contribution in [0.3, 0.4) is 0 Å². The molecule has 0 radical (unpaired) electrons. The molecular formula is C19H21IN2O3. The summed E-state index contributed by atoms with van der Waals surface area (Å²) in [6.07, 6.45) is 0. The molecule has 1 aliphatic heterocycles. The molecule has 1 amide bonds. The van der Waals surface area contributed by atoms with E-state index in [1.807, 2.05) is 36.4 Å². The number of carbonyl (C=O) groups is 1. The fourth-order valence-corrected chi connectivity index (χ4v) is 3.90. The fraction of sp³-hybridized carbons (Fsp3) is 0.316. The summed E-state index contributed by atoms with van der Waals surface area (Å²) in [5.41, 5.74) is 1.99. The van der Waals surface area contributed by atoms with Crippen LogP contribution < -0.4 is 9.64 Å². The van der Waals surface area contributed by atoms with E-state index in [1.54, 1.807) is 12.0 Å². The minimum Gasteiger partial charge on any atom is -0.497 e. The van der Waals surface area contributed by atoms with E-state index in [1.165, 1.54) is 5.56 Å². The van der Waals surface area contributed by atoms with Gasteiger partial charge in [0.25, 0.3) is 0 Å². The third-order valence-corrected chi connectivity index (χ3v) is 5.20. The smallest absolute Gasteiger partial charge is 0.241 e. The van der Waals surface area contributed by atoms with E-state index in [-0.39, 0.29) is 18.6 Å². The van der Waals surface area contributed by atoms with Crippen LogP contribution in [0.15, 0.2) is 48.5 Å². The number of aliphatic hydroxyl groups excluding tert-OH is 1. The number of amides is 1. The molecule has 3 rings (SSSR count). The van der Waals surface area contributed by atoms with Crippen LogP contribution in [0.25, 0.3) is 0 Å². The molecule has 0 aromatic heterocycles. The summed E-state index contributed by atoms with van der Waals surface area (Å²) < 4.78 is 6.17. The number of carbonyl (C=O) groups excluding carboxylic acids is 1. The van der Waals surface area contributed by atoms with Crippen LogP contribution in [0.1, 0.15) is 5.56 Å². The minimum atomic E-state index is -0.258. The second-order valence-corrected chi connectivity index (χ2v) is 7.23. The van der Waals surface area contributed by atoms with E-state index in [4.69, 9.17) is 4.74 Å². The number of ether oxygens (including phenoxy) is 1. The summed E-state index contributed by atoms with van der Waals surface area (Å²) in [5.74, 6) is 0.758. The zero-order valence-corrected chi connectivity index (χ0v) is 16.2. The largest absolute Gasteiger partial charge is 0.497 e. The van der Waals surface area contributed by atoms with Crippen molar-refractivity contribution in [1.29, 1.82) is 0 Å². The number of rotatable bonds is 5. The Bertz CT molecular complexity index is 739. The van der Waals surface area contributed by atoms with Gasteiger partial charge in [0.2, 0.25) is 5.91 Å². The predicted molar refractivity (Wildman–Crippen MR) is 106 cm³/mol. The Kier molecular flexibility index (Phi) is 5.93. The van der Waals surface area contributed by atoms with Crippen LogP contribution >= 0.6 is 22.6 Å². The molecular weight excluding hydrogens is 431 g/mol. The lowest BCUT2D eigenvalue weighted by Gasteiger charge is -2.40. The molecule has 0 bridgehead atoms. The average molecular weight is 452 g/mol. The van der Waals surface area contributed by atoms with Crippen LogP contribution in [0.4, 0.5) is 5.69 Å². The molecule has 0 aliphatic carbocycles. The first-order valence-electron chi connectivity index (χ1n) is 8.15. The number of methoxy groups -OCH3 is 1. The number of hydrogen-bond acceptors (Lipinski definition) is 4. The van der Waals surface area contributed by atoms with E-state index in [0.717, 1.165) is 15.0 Å². The van der Waals surface area contributed by atoms with Gasteiger partial charge in [0.15, 0.2) is 0 Å². The quantitative estimate of drug-likeness (QED) is 0.709. The number of hydrogen-bond donors (Lipinski definition) is 1. The molecule has 0 spiro atoms. The highest BCUT2D eigenvalue weighted by Crippen LogP contribution is 2.30. The van der Waals surface area contributed by atoms with Gasteiger partial charge in [-0.05, 0) is 46.4 Å². The second kappa shape index (κ2) is 8.16. The van der Waals surface area contributed by atoms with Crippen LogP contribution in [-0.2, 0) is 11.3 Å². The van der Waals surface area contributed by atoms with Crippen molar-refractivity contribution in [3.8, 4) is 5.75 Å². The lowest BCUT2D eigenvalue weighted by Crippen LogP contribution is -2.58. The van der Waals surface area contributed by atoms with Gasteiger partial charge in [-0.1, -0.05) is 30.3 Å². The van der Waals surface area contributed by atoms with Crippen molar-refractivity contribution in [2.45, 2.75) is 12.6 Å². The molecule has 1 atom stereocenters. The Hall–Kier alpha value is -1.64. The molecule has 1 fully saturated rings. The van der Waals surface area contributed by atoms with E-state index < -0.39 is 0 Å². The molecule has 1 aliphatic rings. The Morgan fingerprint density at radius 3 is 2.64 bits per heavy atom. The maximum atomic E-state index is 12.8. The summed E-state index contributed by atoms with van der Waals surface area (Å²) in [4.78, 5) is 16.6. The van der Waals surface area contributed by atoms with Crippen LogP contribution in [0.2, 0.25) is 0 Å². The number of aliphatic hydroxyl groups is 1. The van der Waals surface area contributed by atoms with Crippen molar-refractivity contribution in [3.05, 3.63) is 57.7 Å². The normalized spacial score (nSPS) is 18.4. The molecule has 1 saturated heterocycles. The highest BCUT2D eigenvalue weighted by atomic mass is 127. The van der Waals surface area contributed by atoms with Gasteiger partial charge in [0.1, 0.15) is 5.75 Å². The average Bonchev–Trinajstić information content (AvgIpc) is 2.62. The predicted octanol–water partition coefficient (Wildman–Crippen LogP) is 2.51. The van der Waals surface area contributed by atoms with Crippen molar-refractivity contribution in [1.82, 2.24) is 4.90 Å². The zero-order chi connectivity index (χ0) is 17.8. The number of anilines is 1. The Balaban J connectivity index is 1.80. The zero-order valence-electron chi connectivity index (χ0n) is 14.1. The lowest BCUT2D eigenvalue weighted by atomic mass is 10.1. The monoisotopic (exact) mass is 452 g/mol. The van der Waals surface area contributed by atoms with Crippen molar-refractivity contribution in [3.63, 3.8) is 0 Å². The van der Waals surface area contributed by atoms with Gasteiger partial charge in [-0.3, -0.25) is 9.69 Å². The van der Waals surface area contributed by atoms with Gasteiger partial charge in [0.05, 0.1) is 32.0 Å². The van der Waals surface area contributed by atoms with E-state index >= 15 is 0 Å². The van der Waals surface area contributed by atoms with Crippen molar-refractivity contribution in [2.24, 2.45) is 0 Å². The summed E-state index contributed by atoms with van der Waals surface area (Å²) >= 11 is 2.20. The maximum absolute atomic E-state index is 12.8. The molecule has 1 heterocycles. The lowest BCUT2D eigenvalue weighted by molar-refractivity contribution is -0.122. The van der Waals surface area contributed by atoms with Gasteiger partial charge in [-0.2, -0.15) is 0 Å². The highest BCUT2D eigenvalue weighted by molar-refractivity contribution is 14.1. The third-order valence-electron chi connectivity index (χ3n) is 4.34. The Morgan fingerprint density at radius 2 is 2.00 bits per heavy atom. The Labute approximate surface area is 161 Å². The molecule has 25 heavy (non-hydrogen) atoms. The third kappa shape index (κ3) is 4.13. The standard InChI is InChI=1S/C19H21IN2O3/c1-25-16-7-8-18(17(20)9-16)22-15(13-23)11-21(12-19(22)24)10-14-5-3-2-4-6-14/h2-9,15,23H,10-13H2,1H3/t15-/m1/s1. The maximum Gasteiger partial charge on any atom is 0.241 e. The first kappa shape index (κ1) is 18.2. The summed E-state index contributed by atoms with van der Waals surface area (Å²) in [7, 11) is 1.62. The molecule has 2 aromatic carbocycles. The number of halogens is 1. The van der Waals surface area contributed by atoms with E-state index in [9.17, 15) is 9.90 Å². The first-order valence-corrected chi connectivity index (χ1v) is 9.23. The number of piperazine rings is 1. The van der Waals surface area contributed by atoms with Crippen molar-refractivity contribution < 1.29 is 14.6 Å². The van der Waals surface area contributed by atoms with Gasteiger partial charge in [0, 0.05) is 16.7 Å². The SMILES string of the molecule is COc1ccc(N2C(=O)CN(Cc3ccccc3)C[C@@H]2CO)c(I)c1. The molecule has 1 N–H and O–H groups in total. The van der Waals surface area contributed by atoms with Crippen molar-refractivity contribution in [2.75, 3.05) is 31.7 Å². The molecule has 5 nitrogen and oxygen atoms in total. The van der Waals surface area contributed by atoms with Crippen molar-refractivity contribution >= 4 is 34.2 Å². The highest BCUT2D eigenvalue weighted by Gasteiger charge is 2.34. The van der Waals surface area contributed by atoms with Crippen LogP contribution in [0.5, 0.6) is 5.75 Å². The summed E-state index contributed by atoms with van der Waals surface area (Å²) in [6, 6.07) is 15.4. The topological polar surface area (TPSA) is 53.0 Å². The van der Waals surface area contributed by atoms with E-state index in [2.05, 4.69) is 39.6 Å². The van der Waals surface area contributed by atoms with E-state index in [0.29, 0.717) is 19.6 Å². The summed E-state index contributed by atoms with van der Waals surface area (Å²) in [5, 5.41) is 9.87. The molecule has 2 aromatic rings. The van der Waals surface area contributed by atoms with Gasteiger partial charge in [-0.25, -0.2) is 0 Å². The molecule has 0 unspecified atom stereocenters. The van der Waals surface area contributed by atoms with Crippen LogP contribution in [0, 0.1) is 3.57 Å². The Morgan fingerprint density at radius 1 is 1.24 bits per heavy atom. The minimum absolute atomic E-state index is 0.00399. The van der Waals surface area contributed by atoms with Gasteiger partial charge < -0.3 is 14.7 Å². The fourth-order valence-electron chi connectivity index (χ4n) is 3.16. The van der Waals surface area contributed by atoms with Gasteiger partial charge >= 0.3 is 0 Å². The second-order valence-electron chi connectivity index (χ2n) is 6.07. The molecule has 132 valence electrons.